The molecule has 140 valence electrons. The van der Waals surface area contributed by atoms with Crippen molar-refractivity contribution < 1.29 is 19.0 Å². The van der Waals surface area contributed by atoms with Crippen molar-refractivity contribution in [3.8, 4) is 11.5 Å². The van der Waals surface area contributed by atoms with Gasteiger partial charge in [0.15, 0.2) is 11.6 Å². The van der Waals surface area contributed by atoms with Gasteiger partial charge >= 0.3 is 0 Å². The number of hydrogen-bond donors (Lipinski definition) is 1. The van der Waals surface area contributed by atoms with E-state index < -0.39 is 5.82 Å². The standard InChI is InChI=1S/C20H25FN2O3/c1-15(16-7-6-8-17(24)13-16)23(3)14-20(25)22(2)11-12-26-19-10-5-4-9-18(19)21/h4-10,13,15,24H,11-12,14H2,1-3H3. The molecule has 1 unspecified atom stereocenters. The average Bonchev–Trinajstić information content (AvgIpc) is 2.62. The fourth-order valence-electron chi connectivity index (χ4n) is 2.49. The van der Waals surface area contributed by atoms with Crippen LogP contribution in [0.2, 0.25) is 0 Å². The van der Waals surface area contributed by atoms with Gasteiger partial charge in [-0.3, -0.25) is 9.69 Å². The van der Waals surface area contributed by atoms with Crippen LogP contribution in [0.15, 0.2) is 48.5 Å². The summed E-state index contributed by atoms with van der Waals surface area (Å²) in [6.45, 7) is 2.78. The maximum atomic E-state index is 13.5. The third-order valence-electron chi connectivity index (χ3n) is 4.35. The number of phenolic OH excluding ortho intramolecular Hbond substituents is 1. The SMILES string of the molecule is CC(c1cccc(O)c1)N(C)CC(=O)N(C)CCOc1ccccc1F. The second-order valence-electron chi connectivity index (χ2n) is 6.28. The molecule has 0 saturated carbocycles. The summed E-state index contributed by atoms with van der Waals surface area (Å²) < 4.78 is 18.9. The minimum atomic E-state index is -0.416. The molecule has 0 aliphatic carbocycles. The van der Waals surface area contributed by atoms with Crippen molar-refractivity contribution in [2.24, 2.45) is 0 Å². The van der Waals surface area contributed by atoms with E-state index in [9.17, 15) is 14.3 Å². The maximum Gasteiger partial charge on any atom is 0.236 e. The number of phenols is 1. The van der Waals surface area contributed by atoms with Crippen molar-refractivity contribution in [2.75, 3.05) is 33.8 Å². The Kier molecular flexibility index (Phi) is 6.97. The van der Waals surface area contributed by atoms with Crippen molar-refractivity contribution in [1.29, 1.82) is 0 Å². The molecule has 1 amide bonds. The van der Waals surface area contributed by atoms with Crippen LogP contribution in [0.3, 0.4) is 0 Å². The Hall–Kier alpha value is -2.60. The molecule has 6 heteroatoms. The molecule has 0 aromatic heterocycles. The number of rotatable bonds is 8. The van der Waals surface area contributed by atoms with Crippen molar-refractivity contribution in [3.05, 3.63) is 59.9 Å². The molecule has 5 nitrogen and oxygen atoms in total. The highest BCUT2D eigenvalue weighted by Gasteiger charge is 2.17. The molecule has 0 radical (unpaired) electrons. The van der Waals surface area contributed by atoms with Gasteiger partial charge in [-0.2, -0.15) is 0 Å². The number of likely N-dealkylation sites (N-methyl/N-ethyl adjacent to an activating group) is 2. The molecule has 2 aromatic rings. The van der Waals surface area contributed by atoms with Gasteiger partial charge in [0, 0.05) is 13.1 Å². The first-order chi connectivity index (χ1) is 12.4. The lowest BCUT2D eigenvalue weighted by atomic mass is 10.1. The number of hydrogen-bond acceptors (Lipinski definition) is 4. The van der Waals surface area contributed by atoms with Gasteiger partial charge in [-0.05, 0) is 43.8 Å². The molecule has 0 aliphatic heterocycles. The largest absolute Gasteiger partial charge is 0.508 e. The molecule has 0 heterocycles. The van der Waals surface area contributed by atoms with Crippen LogP contribution in [-0.2, 0) is 4.79 Å². The Morgan fingerprint density at radius 1 is 1.19 bits per heavy atom. The lowest BCUT2D eigenvalue weighted by molar-refractivity contribution is -0.131. The van der Waals surface area contributed by atoms with Crippen LogP contribution < -0.4 is 4.74 Å². The predicted molar refractivity (Wildman–Crippen MR) is 98.7 cm³/mol. The number of nitrogens with zero attached hydrogens (tertiary/aromatic N) is 2. The first-order valence-electron chi connectivity index (χ1n) is 8.49. The maximum absolute atomic E-state index is 13.5. The van der Waals surface area contributed by atoms with Crippen LogP contribution >= 0.6 is 0 Å². The lowest BCUT2D eigenvalue weighted by Gasteiger charge is -2.27. The zero-order chi connectivity index (χ0) is 19.1. The molecule has 26 heavy (non-hydrogen) atoms. The van der Waals surface area contributed by atoms with E-state index in [0.29, 0.717) is 6.54 Å². The van der Waals surface area contributed by atoms with Crippen LogP contribution in [0, 0.1) is 5.82 Å². The monoisotopic (exact) mass is 360 g/mol. The number of carbonyl (C=O) groups is 1. The zero-order valence-electron chi connectivity index (χ0n) is 15.4. The lowest BCUT2D eigenvalue weighted by Crippen LogP contribution is -2.39. The Morgan fingerprint density at radius 3 is 2.62 bits per heavy atom. The van der Waals surface area contributed by atoms with E-state index in [4.69, 9.17) is 4.74 Å². The number of aromatic hydroxyl groups is 1. The topological polar surface area (TPSA) is 53.0 Å². The van der Waals surface area contributed by atoms with E-state index in [-0.39, 0.29) is 36.6 Å². The zero-order valence-corrected chi connectivity index (χ0v) is 15.4. The third-order valence-corrected chi connectivity index (χ3v) is 4.35. The minimum absolute atomic E-state index is 0.0193. The van der Waals surface area contributed by atoms with Crippen molar-refractivity contribution in [1.82, 2.24) is 9.80 Å². The number of para-hydroxylation sites is 1. The van der Waals surface area contributed by atoms with Gasteiger partial charge in [-0.15, -0.1) is 0 Å². The van der Waals surface area contributed by atoms with Crippen LogP contribution in [0.4, 0.5) is 4.39 Å². The number of benzene rings is 2. The van der Waals surface area contributed by atoms with Crippen molar-refractivity contribution >= 4 is 5.91 Å². The van der Waals surface area contributed by atoms with Gasteiger partial charge in [0.2, 0.25) is 5.91 Å². The molecule has 2 aromatic carbocycles. The second kappa shape index (κ2) is 9.20. The van der Waals surface area contributed by atoms with Crippen LogP contribution in [-0.4, -0.2) is 54.6 Å². The summed E-state index contributed by atoms with van der Waals surface area (Å²) in [6, 6.07) is 13.2. The van der Waals surface area contributed by atoms with E-state index in [2.05, 4.69) is 0 Å². The molecular weight excluding hydrogens is 335 g/mol. The predicted octanol–water partition coefficient (Wildman–Crippen LogP) is 3.06. The Bertz CT molecular complexity index is 739. The summed E-state index contributed by atoms with van der Waals surface area (Å²) in [5, 5.41) is 9.59. The summed E-state index contributed by atoms with van der Waals surface area (Å²) >= 11 is 0. The normalized spacial score (nSPS) is 12.0. The molecule has 1 N–H and O–H groups in total. The van der Waals surface area contributed by atoms with E-state index in [1.165, 1.54) is 6.07 Å². The van der Waals surface area contributed by atoms with Crippen molar-refractivity contribution in [3.63, 3.8) is 0 Å². The fraction of sp³-hybridized carbons (Fsp3) is 0.350. The van der Waals surface area contributed by atoms with Gasteiger partial charge in [0.1, 0.15) is 12.4 Å². The fourth-order valence-corrected chi connectivity index (χ4v) is 2.49. The minimum Gasteiger partial charge on any atom is -0.508 e. The van der Waals surface area contributed by atoms with E-state index in [1.807, 2.05) is 24.9 Å². The van der Waals surface area contributed by atoms with Gasteiger partial charge in [-0.1, -0.05) is 24.3 Å². The third kappa shape index (κ3) is 5.46. The molecule has 1 atom stereocenters. The molecule has 0 saturated heterocycles. The number of carbonyl (C=O) groups excluding carboxylic acids is 1. The van der Waals surface area contributed by atoms with Gasteiger partial charge < -0.3 is 14.7 Å². The highest BCUT2D eigenvalue weighted by Crippen LogP contribution is 2.22. The van der Waals surface area contributed by atoms with Crippen molar-refractivity contribution in [2.45, 2.75) is 13.0 Å². The molecule has 0 fully saturated rings. The molecule has 0 bridgehead atoms. The highest BCUT2D eigenvalue weighted by molar-refractivity contribution is 5.78. The van der Waals surface area contributed by atoms with Gasteiger partial charge in [0.05, 0.1) is 13.1 Å². The van der Waals surface area contributed by atoms with E-state index in [0.717, 1.165) is 5.56 Å². The summed E-state index contributed by atoms with van der Waals surface area (Å²) in [5.41, 5.74) is 0.936. The summed E-state index contributed by atoms with van der Waals surface area (Å²) in [4.78, 5) is 15.8. The van der Waals surface area contributed by atoms with E-state index in [1.54, 1.807) is 48.3 Å². The van der Waals surface area contributed by atoms with Gasteiger partial charge in [-0.25, -0.2) is 4.39 Å². The summed E-state index contributed by atoms with van der Waals surface area (Å²) in [7, 11) is 3.55. The number of ether oxygens (including phenoxy) is 1. The quantitative estimate of drug-likeness (QED) is 0.786. The first kappa shape index (κ1) is 19.7. The number of halogens is 1. The molecule has 0 aliphatic rings. The van der Waals surface area contributed by atoms with Gasteiger partial charge in [0.25, 0.3) is 0 Å². The molecular formula is C20H25FN2O3. The molecule has 0 spiro atoms. The Balaban J connectivity index is 1.81. The van der Waals surface area contributed by atoms with Crippen LogP contribution in [0.25, 0.3) is 0 Å². The van der Waals surface area contributed by atoms with Crippen LogP contribution in [0.5, 0.6) is 11.5 Å². The summed E-state index contributed by atoms with van der Waals surface area (Å²) in [5.74, 6) is -0.0859. The number of amides is 1. The first-order valence-corrected chi connectivity index (χ1v) is 8.49. The van der Waals surface area contributed by atoms with E-state index >= 15 is 0 Å². The molecule has 2 rings (SSSR count). The average molecular weight is 360 g/mol. The smallest absolute Gasteiger partial charge is 0.236 e. The Labute approximate surface area is 153 Å². The Morgan fingerprint density at radius 2 is 1.92 bits per heavy atom. The highest BCUT2D eigenvalue weighted by atomic mass is 19.1. The van der Waals surface area contributed by atoms with Crippen LogP contribution in [0.1, 0.15) is 18.5 Å². The summed E-state index contributed by atoms with van der Waals surface area (Å²) in [6.07, 6.45) is 0. The second-order valence-corrected chi connectivity index (χ2v) is 6.28.